The predicted octanol–water partition coefficient (Wildman–Crippen LogP) is 4.21. The topological polar surface area (TPSA) is 75.7 Å². The van der Waals surface area contributed by atoms with Crippen molar-refractivity contribution in [3.05, 3.63) is 52.0 Å². The maximum absolute atomic E-state index is 12.7. The number of nitrogens with one attached hydrogen (secondary N) is 1. The zero-order chi connectivity index (χ0) is 20.9. The molecule has 0 radical (unpaired) electrons. The molecule has 0 aromatic heterocycles. The second-order valence-corrected chi connectivity index (χ2v) is 8.69. The number of hydrogen-bond donors (Lipinski definition) is 1. The average molecular weight is 445 g/mol. The standard InChI is InChI=1S/C19H22Cl2N2O4S/c1-4-23(5-2)28(25,26)15-8-9-18(27-3)17(12-15)22-19(24)10-13-6-7-14(20)11-16(13)21/h6-9,11-12H,4-5,10H2,1-3H3,(H,22,24). The molecule has 0 spiro atoms. The third-order valence-corrected chi connectivity index (χ3v) is 6.79. The molecule has 0 aliphatic rings. The summed E-state index contributed by atoms with van der Waals surface area (Å²) in [5, 5.41) is 3.56. The molecule has 0 aliphatic heterocycles. The van der Waals surface area contributed by atoms with Crippen LogP contribution in [-0.4, -0.2) is 38.8 Å². The first-order valence-corrected chi connectivity index (χ1v) is 10.8. The first kappa shape index (κ1) is 22.5. The first-order valence-electron chi connectivity index (χ1n) is 8.64. The lowest BCUT2D eigenvalue weighted by molar-refractivity contribution is -0.115. The molecule has 1 amide bonds. The van der Waals surface area contributed by atoms with Gasteiger partial charge in [0.25, 0.3) is 0 Å². The molecule has 28 heavy (non-hydrogen) atoms. The molecule has 0 atom stereocenters. The fourth-order valence-electron chi connectivity index (χ4n) is 2.69. The van der Waals surface area contributed by atoms with E-state index >= 15 is 0 Å². The van der Waals surface area contributed by atoms with E-state index in [2.05, 4.69) is 5.32 Å². The van der Waals surface area contributed by atoms with Crippen LogP contribution in [0, 0.1) is 0 Å². The molecule has 9 heteroatoms. The zero-order valence-electron chi connectivity index (χ0n) is 15.8. The van der Waals surface area contributed by atoms with Gasteiger partial charge in [0, 0.05) is 23.1 Å². The quantitative estimate of drug-likeness (QED) is 0.661. The summed E-state index contributed by atoms with van der Waals surface area (Å²) in [6, 6.07) is 9.24. The van der Waals surface area contributed by atoms with E-state index in [0.29, 0.717) is 34.4 Å². The molecule has 0 saturated heterocycles. The summed E-state index contributed by atoms with van der Waals surface area (Å²) < 4.78 is 32.1. The van der Waals surface area contributed by atoms with E-state index in [0.717, 1.165) is 0 Å². The Hall–Kier alpha value is -1.80. The van der Waals surface area contributed by atoms with Crippen LogP contribution in [0.25, 0.3) is 0 Å². The molecule has 0 heterocycles. The van der Waals surface area contributed by atoms with E-state index in [4.69, 9.17) is 27.9 Å². The molecular formula is C19H22Cl2N2O4S. The molecule has 0 saturated carbocycles. The maximum Gasteiger partial charge on any atom is 0.243 e. The van der Waals surface area contributed by atoms with Crippen LogP contribution < -0.4 is 10.1 Å². The number of sulfonamides is 1. The van der Waals surface area contributed by atoms with Gasteiger partial charge >= 0.3 is 0 Å². The Morgan fingerprint density at radius 3 is 2.36 bits per heavy atom. The van der Waals surface area contributed by atoms with Gasteiger partial charge in [-0.25, -0.2) is 8.42 Å². The third kappa shape index (κ3) is 5.17. The van der Waals surface area contributed by atoms with Gasteiger partial charge in [0.1, 0.15) is 5.75 Å². The van der Waals surface area contributed by atoms with Gasteiger partial charge in [-0.3, -0.25) is 4.79 Å². The van der Waals surface area contributed by atoms with Gasteiger partial charge in [-0.1, -0.05) is 43.1 Å². The minimum absolute atomic E-state index is 0.00613. The van der Waals surface area contributed by atoms with Crippen LogP contribution in [-0.2, 0) is 21.2 Å². The Morgan fingerprint density at radius 2 is 1.79 bits per heavy atom. The van der Waals surface area contributed by atoms with Crippen LogP contribution in [0.2, 0.25) is 10.0 Å². The summed E-state index contributed by atoms with van der Waals surface area (Å²) in [6.45, 7) is 4.23. The fraction of sp³-hybridized carbons (Fsp3) is 0.316. The third-order valence-electron chi connectivity index (χ3n) is 4.15. The van der Waals surface area contributed by atoms with Crippen molar-refractivity contribution in [1.29, 1.82) is 0 Å². The molecule has 0 bridgehead atoms. The fourth-order valence-corrected chi connectivity index (χ4v) is 4.65. The summed E-state index contributed by atoms with van der Waals surface area (Å²) in [5.74, 6) is -0.00559. The average Bonchev–Trinajstić information content (AvgIpc) is 2.64. The smallest absolute Gasteiger partial charge is 0.243 e. The number of amides is 1. The number of anilines is 1. The minimum atomic E-state index is -3.66. The Labute approximate surface area is 175 Å². The maximum atomic E-state index is 12.7. The number of hydrogen-bond acceptors (Lipinski definition) is 4. The highest BCUT2D eigenvalue weighted by Gasteiger charge is 2.23. The van der Waals surface area contributed by atoms with Gasteiger partial charge in [-0.05, 0) is 35.9 Å². The molecule has 1 N–H and O–H groups in total. The normalized spacial score (nSPS) is 11.5. The monoisotopic (exact) mass is 444 g/mol. The van der Waals surface area contributed by atoms with Gasteiger partial charge in [-0.15, -0.1) is 0 Å². The zero-order valence-corrected chi connectivity index (χ0v) is 18.2. The lowest BCUT2D eigenvalue weighted by Crippen LogP contribution is -2.30. The summed E-state index contributed by atoms with van der Waals surface area (Å²) in [5.41, 5.74) is 0.875. The number of carbonyl (C=O) groups excluding carboxylic acids is 1. The lowest BCUT2D eigenvalue weighted by Gasteiger charge is -2.19. The molecule has 0 unspecified atom stereocenters. The highest BCUT2D eigenvalue weighted by atomic mass is 35.5. The largest absolute Gasteiger partial charge is 0.495 e. The Bertz CT molecular complexity index is 960. The molecule has 152 valence electrons. The van der Waals surface area contributed by atoms with Crippen molar-refractivity contribution in [3.63, 3.8) is 0 Å². The molecule has 2 aromatic rings. The van der Waals surface area contributed by atoms with Gasteiger partial charge in [0.05, 0.1) is 24.1 Å². The number of rotatable bonds is 8. The van der Waals surface area contributed by atoms with Crippen molar-refractivity contribution < 1.29 is 17.9 Å². The van der Waals surface area contributed by atoms with Gasteiger partial charge in [0.2, 0.25) is 15.9 Å². The van der Waals surface area contributed by atoms with Gasteiger partial charge < -0.3 is 10.1 Å². The SMILES string of the molecule is CCN(CC)S(=O)(=O)c1ccc(OC)c(NC(=O)Cc2ccc(Cl)cc2Cl)c1. The molecule has 0 fully saturated rings. The number of nitrogens with zero attached hydrogens (tertiary/aromatic N) is 1. The second kappa shape index (κ2) is 9.60. The molecule has 0 aliphatic carbocycles. The predicted molar refractivity (Wildman–Crippen MR) is 112 cm³/mol. The van der Waals surface area contributed by atoms with Crippen LogP contribution >= 0.6 is 23.2 Å². The van der Waals surface area contributed by atoms with Gasteiger partial charge in [-0.2, -0.15) is 4.31 Å². The van der Waals surface area contributed by atoms with E-state index < -0.39 is 10.0 Å². The molecule has 2 aromatic carbocycles. The van der Waals surface area contributed by atoms with Crippen molar-refractivity contribution in [3.8, 4) is 5.75 Å². The highest BCUT2D eigenvalue weighted by molar-refractivity contribution is 7.89. The first-order chi connectivity index (χ1) is 13.2. The van der Waals surface area contributed by atoms with Crippen LogP contribution in [0.1, 0.15) is 19.4 Å². The van der Waals surface area contributed by atoms with Crippen molar-refractivity contribution >= 4 is 44.8 Å². The molecular weight excluding hydrogens is 423 g/mol. The number of halogens is 2. The number of carbonyl (C=O) groups is 1. The van der Waals surface area contributed by atoms with E-state index in [1.54, 1.807) is 32.0 Å². The summed E-state index contributed by atoms with van der Waals surface area (Å²) >= 11 is 12.0. The van der Waals surface area contributed by atoms with E-state index in [-0.39, 0.29) is 22.9 Å². The Morgan fingerprint density at radius 1 is 1.11 bits per heavy atom. The van der Waals surface area contributed by atoms with Gasteiger partial charge in [0.15, 0.2) is 0 Å². The van der Waals surface area contributed by atoms with Crippen molar-refractivity contribution in [2.45, 2.75) is 25.2 Å². The number of ether oxygens (including phenoxy) is 1. The highest BCUT2D eigenvalue weighted by Crippen LogP contribution is 2.29. The van der Waals surface area contributed by atoms with Crippen molar-refractivity contribution in [2.24, 2.45) is 0 Å². The number of benzene rings is 2. The molecule has 2 rings (SSSR count). The number of methoxy groups -OCH3 is 1. The molecule has 6 nitrogen and oxygen atoms in total. The second-order valence-electron chi connectivity index (χ2n) is 5.91. The van der Waals surface area contributed by atoms with E-state index in [9.17, 15) is 13.2 Å². The van der Waals surface area contributed by atoms with E-state index in [1.807, 2.05) is 0 Å². The van der Waals surface area contributed by atoms with E-state index in [1.165, 1.54) is 29.6 Å². The van der Waals surface area contributed by atoms with Crippen LogP contribution in [0.15, 0.2) is 41.3 Å². The summed E-state index contributed by atoms with van der Waals surface area (Å²) in [7, 11) is -2.22. The van der Waals surface area contributed by atoms with Crippen LogP contribution in [0.3, 0.4) is 0 Å². The minimum Gasteiger partial charge on any atom is -0.495 e. The Kier molecular flexibility index (Phi) is 7.71. The Balaban J connectivity index is 2.30. The summed E-state index contributed by atoms with van der Waals surface area (Å²) in [4.78, 5) is 12.6. The lowest BCUT2D eigenvalue weighted by atomic mass is 10.1. The van der Waals surface area contributed by atoms with Crippen molar-refractivity contribution in [2.75, 3.05) is 25.5 Å². The van der Waals surface area contributed by atoms with Crippen LogP contribution in [0.4, 0.5) is 5.69 Å². The summed E-state index contributed by atoms with van der Waals surface area (Å²) in [6.07, 6.45) is 0.00613. The van der Waals surface area contributed by atoms with Crippen LogP contribution in [0.5, 0.6) is 5.75 Å². The van der Waals surface area contributed by atoms with Crippen molar-refractivity contribution in [1.82, 2.24) is 4.31 Å².